The summed E-state index contributed by atoms with van der Waals surface area (Å²) in [7, 11) is -3.84. The minimum absolute atomic E-state index is 0.0124. The Morgan fingerprint density at radius 2 is 2.15 bits per heavy atom. The number of hydrogen-bond donors (Lipinski definition) is 3. The lowest BCUT2D eigenvalue weighted by Crippen LogP contribution is -2.35. The van der Waals surface area contributed by atoms with Gasteiger partial charge < -0.3 is 16.0 Å². The van der Waals surface area contributed by atoms with Crippen LogP contribution in [0, 0.1) is 0 Å². The molecular weight excluding hydrogens is 280 g/mol. The Bertz CT molecular complexity index is 630. The number of nitrogens with two attached hydrogens (primary N) is 2. The van der Waals surface area contributed by atoms with Crippen molar-refractivity contribution in [3.8, 4) is 0 Å². The number of hydrogen-bond acceptors (Lipinski definition) is 5. The highest BCUT2D eigenvalue weighted by Gasteiger charge is 2.27. The first-order valence-electron chi connectivity index (χ1n) is 6.22. The van der Waals surface area contributed by atoms with E-state index in [2.05, 4.69) is 5.32 Å². The summed E-state index contributed by atoms with van der Waals surface area (Å²) in [5, 5.41) is 8.05. The summed E-state index contributed by atoms with van der Waals surface area (Å²) in [4.78, 5) is 13.0. The number of sulfonamides is 1. The summed E-state index contributed by atoms with van der Waals surface area (Å²) in [5.41, 5.74) is 6.49. The molecular formula is C12H18N4O3S. The van der Waals surface area contributed by atoms with Crippen LogP contribution in [0.5, 0.6) is 0 Å². The van der Waals surface area contributed by atoms with Crippen LogP contribution in [0.4, 0.5) is 11.4 Å². The molecule has 1 unspecified atom stereocenters. The number of amides is 1. The van der Waals surface area contributed by atoms with Crippen LogP contribution >= 0.6 is 0 Å². The van der Waals surface area contributed by atoms with E-state index in [4.69, 9.17) is 10.9 Å². The second-order valence-electron chi connectivity index (χ2n) is 4.90. The molecule has 1 atom stereocenters. The fourth-order valence-corrected chi connectivity index (χ4v) is 3.19. The molecule has 2 rings (SSSR count). The van der Waals surface area contributed by atoms with Crippen LogP contribution < -0.4 is 21.1 Å². The number of nitrogens with zero attached hydrogens (tertiary/aromatic N) is 1. The van der Waals surface area contributed by atoms with Crippen LogP contribution in [0.2, 0.25) is 0 Å². The van der Waals surface area contributed by atoms with Crippen molar-refractivity contribution in [2.24, 2.45) is 5.14 Å². The van der Waals surface area contributed by atoms with E-state index in [-0.39, 0.29) is 16.8 Å². The molecule has 1 aromatic carbocycles. The third-order valence-electron chi connectivity index (χ3n) is 3.23. The van der Waals surface area contributed by atoms with Crippen LogP contribution in [0.3, 0.4) is 0 Å². The Morgan fingerprint density at radius 1 is 1.45 bits per heavy atom. The van der Waals surface area contributed by atoms with E-state index < -0.39 is 10.0 Å². The summed E-state index contributed by atoms with van der Waals surface area (Å²) in [6.07, 6.45) is 0.758. The Labute approximate surface area is 118 Å². The lowest BCUT2D eigenvalue weighted by atomic mass is 10.2. The average Bonchev–Trinajstić information content (AvgIpc) is 2.75. The van der Waals surface area contributed by atoms with Crippen LogP contribution in [-0.4, -0.2) is 33.5 Å². The number of anilines is 2. The molecule has 1 saturated heterocycles. The molecule has 0 aromatic heterocycles. The summed E-state index contributed by atoms with van der Waals surface area (Å²) >= 11 is 0. The van der Waals surface area contributed by atoms with Gasteiger partial charge in [-0.15, -0.1) is 0 Å². The van der Waals surface area contributed by atoms with Crippen molar-refractivity contribution in [3.05, 3.63) is 18.2 Å². The number of primary sulfonamides is 1. The largest absolute Gasteiger partial charge is 0.399 e. The first-order valence-corrected chi connectivity index (χ1v) is 7.76. The second-order valence-corrected chi connectivity index (χ2v) is 6.43. The fraction of sp³-hybridized carbons (Fsp3) is 0.417. The normalized spacial score (nSPS) is 19.1. The third kappa shape index (κ3) is 3.20. The maximum absolute atomic E-state index is 11.6. The first-order chi connectivity index (χ1) is 9.27. The van der Waals surface area contributed by atoms with Crippen LogP contribution in [0.25, 0.3) is 0 Å². The van der Waals surface area contributed by atoms with Crippen molar-refractivity contribution in [1.29, 1.82) is 0 Å². The Kier molecular flexibility index (Phi) is 3.87. The molecule has 110 valence electrons. The molecule has 0 bridgehead atoms. The van der Waals surface area contributed by atoms with Crippen molar-refractivity contribution < 1.29 is 13.2 Å². The van der Waals surface area contributed by atoms with Gasteiger partial charge in [-0.2, -0.15) is 0 Å². The molecule has 5 N–H and O–H groups in total. The summed E-state index contributed by atoms with van der Waals surface area (Å²) in [5.74, 6) is -0.0965. The van der Waals surface area contributed by atoms with Gasteiger partial charge in [0.25, 0.3) is 0 Å². The van der Waals surface area contributed by atoms with Gasteiger partial charge in [0.1, 0.15) is 4.90 Å². The van der Waals surface area contributed by atoms with E-state index in [0.717, 1.165) is 6.42 Å². The van der Waals surface area contributed by atoms with Crippen molar-refractivity contribution >= 4 is 27.3 Å². The third-order valence-corrected chi connectivity index (χ3v) is 4.17. The number of carbonyl (C=O) groups excluding carboxylic acids is 1. The van der Waals surface area contributed by atoms with Crippen molar-refractivity contribution in [2.45, 2.75) is 24.3 Å². The monoisotopic (exact) mass is 298 g/mol. The number of carbonyl (C=O) groups is 1. The molecule has 0 radical (unpaired) electrons. The van der Waals surface area contributed by atoms with E-state index in [0.29, 0.717) is 24.5 Å². The van der Waals surface area contributed by atoms with Gasteiger partial charge in [-0.25, -0.2) is 13.6 Å². The molecule has 7 nitrogen and oxygen atoms in total. The van der Waals surface area contributed by atoms with Gasteiger partial charge in [0.05, 0.1) is 5.69 Å². The molecule has 20 heavy (non-hydrogen) atoms. The van der Waals surface area contributed by atoms with Crippen molar-refractivity contribution in [1.82, 2.24) is 5.32 Å². The average molecular weight is 298 g/mol. The highest BCUT2D eigenvalue weighted by atomic mass is 32.2. The number of rotatable bonds is 3. The summed E-state index contributed by atoms with van der Waals surface area (Å²) in [6.45, 7) is 2.66. The highest BCUT2D eigenvalue weighted by Crippen LogP contribution is 2.29. The van der Waals surface area contributed by atoms with Crippen LogP contribution in [-0.2, 0) is 14.8 Å². The smallest absolute Gasteiger partial charge is 0.240 e. The molecule has 0 saturated carbocycles. The quantitative estimate of drug-likeness (QED) is 0.658. The SMILES string of the molecule is CC(=O)NC1CCN(c2ccc(N)cc2S(N)(=O)=O)C1. The summed E-state index contributed by atoms with van der Waals surface area (Å²) in [6, 6.07) is 4.65. The molecule has 1 aliphatic rings. The van der Waals surface area contributed by atoms with Gasteiger partial charge >= 0.3 is 0 Å². The summed E-state index contributed by atoms with van der Waals surface area (Å²) < 4.78 is 23.3. The molecule has 0 aliphatic carbocycles. The first kappa shape index (κ1) is 14.6. The molecule has 1 fully saturated rings. The van der Waals surface area contributed by atoms with Crippen LogP contribution in [0.15, 0.2) is 23.1 Å². The second kappa shape index (κ2) is 5.29. The fourth-order valence-electron chi connectivity index (χ4n) is 2.40. The van der Waals surface area contributed by atoms with Gasteiger partial charge in [0, 0.05) is 31.7 Å². The standard InChI is InChI=1S/C12H18N4O3S/c1-8(17)15-10-4-5-16(7-10)11-3-2-9(13)6-12(11)20(14,18)19/h2-3,6,10H,4-5,7,13H2,1H3,(H,15,17)(H2,14,18,19). The predicted molar refractivity (Wildman–Crippen MR) is 76.7 cm³/mol. The molecule has 1 aromatic rings. The lowest BCUT2D eigenvalue weighted by Gasteiger charge is -2.21. The van der Waals surface area contributed by atoms with Gasteiger partial charge in [-0.1, -0.05) is 0 Å². The van der Waals surface area contributed by atoms with E-state index in [9.17, 15) is 13.2 Å². The van der Waals surface area contributed by atoms with Crippen LogP contribution in [0.1, 0.15) is 13.3 Å². The predicted octanol–water partition coefficient (Wildman–Crippen LogP) is -0.369. The Balaban J connectivity index is 2.28. The van der Waals surface area contributed by atoms with Gasteiger partial charge in [0.2, 0.25) is 15.9 Å². The lowest BCUT2D eigenvalue weighted by molar-refractivity contribution is -0.119. The zero-order valence-corrected chi connectivity index (χ0v) is 12.0. The molecule has 1 amide bonds. The zero-order valence-electron chi connectivity index (χ0n) is 11.2. The van der Waals surface area contributed by atoms with Gasteiger partial charge in [-0.3, -0.25) is 4.79 Å². The minimum Gasteiger partial charge on any atom is -0.399 e. The number of benzene rings is 1. The maximum atomic E-state index is 11.6. The molecule has 1 aliphatic heterocycles. The van der Waals surface area contributed by atoms with Gasteiger partial charge in [0.15, 0.2) is 0 Å². The van der Waals surface area contributed by atoms with E-state index >= 15 is 0 Å². The van der Waals surface area contributed by atoms with Crippen molar-refractivity contribution in [3.63, 3.8) is 0 Å². The number of nitrogens with one attached hydrogen (secondary N) is 1. The van der Waals surface area contributed by atoms with E-state index in [1.165, 1.54) is 13.0 Å². The molecule has 1 heterocycles. The topological polar surface area (TPSA) is 119 Å². The van der Waals surface area contributed by atoms with Gasteiger partial charge in [-0.05, 0) is 24.6 Å². The Morgan fingerprint density at radius 3 is 2.75 bits per heavy atom. The minimum atomic E-state index is -3.84. The zero-order chi connectivity index (χ0) is 14.9. The number of nitrogen functional groups attached to an aromatic ring is 1. The highest BCUT2D eigenvalue weighted by molar-refractivity contribution is 7.89. The molecule has 0 spiro atoms. The van der Waals surface area contributed by atoms with E-state index in [1.807, 2.05) is 4.90 Å². The van der Waals surface area contributed by atoms with Crippen molar-refractivity contribution in [2.75, 3.05) is 23.7 Å². The maximum Gasteiger partial charge on any atom is 0.240 e. The Hall–Kier alpha value is -1.80. The molecule has 8 heteroatoms. The van der Waals surface area contributed by atoms with E-state index in [1.54, 1.807) is 12.1 Å².